The van der Waals surface area contributed by atoms with Crippen molar-refractivity contribution in [3.05, 3.63) is 107 Å². The molecule has 0 atom stereocenters. The molecular weight excluding hydrogens is 393 g/mol. The minimum atomic E-state index is -0.453. The van der Waals surface area contributed by atoms with Gasteiger partial charge in [-0.3, -0.25) is 4.79 Å². The molecule has 31 heavy (non-hydrogen) atoms. The zero-order valence-corrected chi connectivity index (χ0v) is 17.2. The predicted octanol–water partition coefficient (Wildman–Crippen LogP) is 3.96. The summed E-state index contributed by atoms with van der Waals surface area (Å²) in [6.07, 6.45) is 0.747. The van der Waals surface area contributed by atoms with Crippen molar-refractivity contribution in [2.75, 3.05) is 13.1 Å². The Bertz CT molecular complexity index is 924. The number of nitrogens with one attached hydrogen (secondary N) is 3. The number of benzene rings is 3. The number of rotatable bonds is 9. The van der Waals surface area contributed by atoms with Crippen LogP contribution in [0.5, 0.6) is 0 Å². The topological polar surface area (TPSA) is 70.2 Å². The Morgan fingerprint density at radius 3 is 1.90 bits per heavy atom. The van der Waals surface area contributed by atoms with Gasteiger partial charge in [-0.15, -0.1) is 0 Å². The van der Waals surface area contributed by atoms with Gasteiger partial charge >= 0.3 is 6.03 Å². The van der Waals surface area contributed by atoms with Crippen LogP contribution in [0.4, 0.5) is 9.18 Å². The molecule has 0 bridgehead atoms. The first-order valence-corrected chi connectivity index (χ1v) is 10.2. The van der Waals surface area contributed by atoms with E-state index in [1.807, 2.05) is 36.4 Å². The minimum Gasteiger partial charge on any atom is -0.355 e. The quantitative estimate of drug-likeness (QED) is 0.491. The molecule has 0 radical (unpaired) electrons. The van der Waals surface area contributed by atoms with E-state index in [2.05, 4.69) is 40.2 Å². The summed E-state index contributed by atoms with van der Waals surface area (Å²) < 4.78 is 12.9. The smallest absolute Gasteiger partial charge is 0.315 e. The fourth-order valence-corrected chi connectivity index (χ4v) is 3.32. The lowest BCUT2D eigenvalue weighted by Crippen LogP contribution is -2.42. The molecule has 5 nitrogen and oxygen atoms in total. The SMILES string of the molecule is O=C(CNC(=O)NCc1ccc(F)cc1)NCCC(c1ccccc1)c1ccccc1. The summed E-state index contributed by atoms with van der Waals surface area (Å²) in [4.78, 5) is 24.0. The van der Waals surface area contributed by atoms with Gasteiger partial charge in [-0.25, -0.2) is 9.18 Å². The van der Waals surface area contributed by atoms with E-state index in [0.29, 0.717) is 6.54 Å². The molecular formula is C25H26FN3O2. The lowest BCUT2D eigenvalue weighted by Gasteiger charge is -2.18. The molecule has 0 aliphatic carbocycles. The second-order valence-electron chi connectivity index (χ2n) is 7.18. The van der Waals surface area contributed by atoms with Gasteiger partial charge in [0.05, 0.1) is 6.54 Å². The molecule has 160 valence electrons. The third-order valence-electron chi connectivity index (χ3n) is 4.93. The van der Waals surface area contributed by atoms with Crippen molar-refractivity contribution in [1.82, 2.24) is 16.0 Å². The maximum atomic E-state index is 12.9. The number of halogens is 1. The van der Waals surface area contributed by atoms with E-state index in [9.17, 15) is 14.0 Å². The molecule has 0 aliphatic rings. The van der Waals surface area contributed by atoms with Crippen molar-refractivity contribution in [3.8, 4) is 0 Å². The number of amides is 3. The van der Waals surface area contributed by atoms with Crippen LogP contribution in [-0.2, 0) is 11.3 Å². The molecule has 3 rings (SSSR count). The average molecular weight is 420 g/mol. The Hall–Kier alpha value is -3.67. The first-order valence-electron chi connectivity index (χ1n) is 10.2. The van der Waals surface area contributed by atoms with E-state index in [0.717, 1.165) is 12.0 Å². The zero-order chi connectivity index (χ0) is 21.9. The van der Waals surface area contributed by atoms with Crippen LogP contribution in [0.3, 0.4) is 0 Å². The van der Waals surface area contributed by atoms with Crippen molar-refractivity contribution in [3.63, 3.8) is 0 Å². The van der Waals surface area contributed by atoms with Crippen LogP contribution >= 0.6 is 0 Å². The summed E-state index contributed by atoms with van der Waals surface area (Å²) in [5, 5.41) is 8.03. The highest BCUT2D eigenvalue weighted by Gasteiger charge is 2.14. The maximum Gasteiger partial charge on any atom is 0.315 e. The summed E-state index contributed by atoms with van der Waals surface area (Å²) in [6.45, 7) is 0.631. The third-order valence-corrected chi connectivity index (χ3v) is 4.93. The Balaban J connectivity index is 1.42. The minimum absolute atomic E-state index is 0.114. The van der Waals surface area contributed by atoms with Gasteiger partial charge in [0.15, 0.2) is 0 Å². The van der Waals surface area contributed by atoms with Crippen LogP contribution < -0.4 is 16.0 Å². The van der Waals surface area contributed by atoms with Crippen LogP contribution in [-0.4, -0.2) is 25.0 Å². The van der Waals surface area contributed by atoms with Crippen LogP contribution in [0, 0.1) is 5.82 Å². The molecule has 0 aliphatic heterocycles. The zero-order valence-electron chi connectivity index (χ0n) is 17.2. The molecule has 0 heterocycles. The van der Waals surface area contributed by atoms with E-state index in [1.165, 1.54) is 23.3 Å². The lowest BCUT2D eigenvalue weighted by molar-refractivity contribution is -0.120. The Morgan fingerprint density at radius 2 is 1.32 bits per heavy atom. The number of hydrogen-bond acceptors (Lipinski definition) is 2. The van der Waals surface area contributed by atoms with Crippen molar-refractivity contribution >= 4 is 11.9 Å². The molecule has 3 aromatic rings. The normalized spacial score (nSPS) is 10.5. The highest BCUT2D eigenvalue weighted by atomic mass is 19.1. The predicted molar refractivity (Wildman–Crippen MR) is 119 cm³/mol. The molecule has 0 saturated heterocycles. The monoisotopic (exact) mass is 419 g/mol. The Morgan fingerprint density at radius 1 is 0.742 bits per heavy atom. The summed E-state index contributed by atoms with van der Waals surface area (Å²) in [5.41, 5.74) is 3.16. The molecule has 3 amide bonds. The van der Waals surface area contributed by atoms with Crippen molar-refractivity contribution in [2.24, 2.45) is 0 Å². The standard InChI is InChI=1S/C25H26FN3O2/c26-22-13-11-19(12-14-22)17-28-25(31)29-18-24(30)27-16-15-23(20-7-3-1-4-8-20)21-9-5-2-6-10-21/h1-14,23H,15-18H2,(H,27,30)(H2,28,29,31). The van der Waals surface area contributed by atoms with Crippen molar-refractivity contribution in [1.29, 1.82) is 0 Å². The van der Waals surface area contributed by atoms with E-state index in [4.69, 9.17) is 0 Å². The summed E-state index contributed by atoms with van der Waals surface area (Å²) in [6, 6.07) is 25.8. The molecule has 0 fully saturated rings. The van der Waals surface area contributed by atoms with Crippen molar-refractivity contribution < 1.29 is 14.0 Å². The number of carbonyl (C=O) groups is 2. The molecule has 6 heteroatoms. The van der Waals surface area contributed by atoms with E-state index in [-0.39, 0.29) is 30.7 Å². The highest BCUT2D eigenvalue weighted by Crippen LogP contribution is 2.27. The van der Waals surface area contributed by atoms with Gasteiger partial charge < -0.3 is 16.0 Å². The average Bonchev–Trinajstić information content (AvgIpc) is 2.81. The second-order valence-corrected chi connectivity index (χ2v) is 7.18. The van der Waals surface area contributed by atoms with Gasteiger partial charge in [0.1, 0.15) is 5.82 Å². The summed E-state index contributed by atoms with van der Waals surface area (Å²) in [7, 11) is 0. The van der Waals surface area contributed by atoms with Crippen molar-refractivity contribution in [2.45, 2.75) is 18.9 Å². The summed E-state index contributed by atoms with van der Waals surface area (Å²) >= 11 is 0. The van der Waals surface area contributed by atoms with Gasteiger partial charge in [-0.05, 0) is 35.2 Å². The lowest BCUT2D eigenvalue weighted by atomic mass is 9.88. The number of urea groups is 1. The van der Waals surface area contributed by atoms with E-state index in [1.54, 1.807) is 12.1 Å². The first kappa shape index (κ1) is 22.0. The van der Waals surface area contributed by atoms with Crippen LogP contribution in [0.2, 0.25) is 0 Å². The largest absolute Gasteiger partial charge is 0.355 e. The Kier molecular flexibility index (Phi) is 8.17. The first-order chi connectivity index (χ1) is 15.1. The summed E-state index contributed by atoms with van der Waals surface area (Å²) in [5.74, 6) is -0.405. The maximum absolute atomic E-state index is 12.9. The number of hydrogen-bond donors (Lipinski definition) is 3. The van der Waals surface area contributed by atoms with E-state index < -0.39 is 6.03 Å². The fourth-order valence-electron chi connectivity index (χ4n) is 3.32. The third kappa shape index (κ3) is 7.26. The van der Waals surface area contributed by atoms with Gasteiger partial charge in [-0.2, -0.15) is 0 Å². The molecule has 0 saturated carbocycles. The van der Waals surface area contributed by atoms with Crippen LogP contribution in [0.1, 0.15) is 29.0 Å². The molecule has 0 spiro atoms. The Labute approximate surface area is 181 Å². The number of carbonyl (C=O) groups excluding carboxylic acids is 2. The van der Waals surface area contributed by atoms with Crippen LogP contribution in [0.15, 0.2) is 84.9 Å². The molecule has 0 unspecified atom stereocenters. The van der Waals surface area contributed by atoms with Gasteiger partial charge in [0.2, 0.25) is 5.91 Å². The fraction of sp³-hybridized carbons (Fsp3) is 0.200. The van der Waals surface area contributed by atoms with Gasteiger partial charge in [-0.1, -0.05) is 72.8 Å². The van der Waals surface area contributed by atoms with E-state index >= 15 is 0 Å². The highest BCUT2D eigenvalue weighted by molar-refractivity contribution is 5.83. The van der Waals surface area contributed by atoms with Gasteiger partial charge in [0.25, 0.3) is 0 Å². The molecule has 3 aromatic carbocycles. The van der Waals surface area contributed by atoms with Gasteiger partial charge in [0, 0.05) is 19.0 Å². The molecule has 3 N–H and O–H groups in total. The second kappa shape index (κ2) is 11.5. The molecule has 0 aromatic heterocycles. The van der Waals surface area contributed by atoms with Crippen LogP contribution in [0.25, 0.3) is 0 Å².